The zero-order valence-electron chi connectivity index (χ0n) is 40.0. The van der Waals surface area contributed by atoms with Crippen molar-refractivity contribution in [3.63, 3.8) is 0 Å². The molecule has 0 aliphatic carbocycles. The van der Waals surface area contributed by atoms with Gasteiger partial charge in [-0.3, -0.25) is 0 Å². The van der Waals surface area contributed by atoms with E-state index < -0.39 is 0 Å². The van der Waals surface area contributed by atoms with Crippen molar-refractivity contribution in [3.8, 4) is 0 Å². The van der Waals surface area contributed by atoms with Gasteiger partial charge in [-0.25, -0.2) is 0 Å². The highest BCUT2D eigenvalue weighted by Crippen LogP contribution is 2.51. The van der Waals surface area contributed by atoms with Crippen LogP contribution in [-0.2, 0) is 12.8 Å². The summed E-state index contributed by atoms with van der Waals surface area (Å²) in [4.78, 5) is 4.89. The van der Waals surface area contributed by atoms with E-state index in [0.717, 1.165) is 106 Å². The number of hydrogen-bond donors (Lipinski definition) is 0. The second-order valence-corrected chi connectivity index (χ2v) is 19.3. The predicted octanol–water partition coefficient (Wildman–Crippen LogP) is 19.2. The van der Waals surface area contributed by atoms with Gasteiger partial charge in [0.05, 0.1) is 22.7 Å². The lowest BCUT2D eigenvalue weighted by atomic mass is 9.91. The number of hydrogen-bond acceptors (Lipinski definition) is 4. The fraction of sp³-hybridized carbons (Fsp3) is 0.188. The number of anilines is 6. The van der Waals surface area contributed by atoms with E-state index in [1.807, 2.05) is 0 Å². The summed E-state index contributed by atoms with van der Waals surface area (Å²) in [5.74, 6) is 0. The number of nitrogens with zero attached hydrogens (tertiary/aromatic N) is 2. The van der Waals surface area contributed by atoms with Crippen molar-refractivity contribution in [3.05, 3.63) is 191 Å². The van der Waals surface area contributed by atoms with Crippen LogP contribution in [0.25, 0.3) is 76.2 Å². The molecule has 334 valence electrons. The normalized spacial score (nSPS) is 12.0. The Kier molecular flexibility index (Phi) is 10.2. The van der Waals surface area contributed by atoms with Crippen LogP contribution >= 0.6 is 0 Å². The molecule has 0 aliphatic rings. The Hall–Kier alpha value is -7.56. The standard InChI is InChI=1S/C64H56N2O2/c1-7-9-15-45-17-11-19-49-51-21-13-23-57(63(51)67-61(45)49)65(47-35-39(3)33-40(4)36-47)55-31-27-43-26-30-54-56(32-28-44-25-29-53(55)59(43)60(44)54)66(48-37-41(5)34-42(6)38-48)58-24-14-22-52-50-20-12-18-46(16-10-8-2)62(50)68-64(52)58/h11-14,17-38H,7-10,15-16H2,1-6H3. The predicted molar refractivity (Wildman–Crippen MR) is 290 cm³/mol. The second kappa shape index (κ2) is 16.6. The summed E-state index contributed by atoms with van der Waals surface area (Å²) in [6.45, 7) is 13.3. The first kappa shape index (κ1) is 41.8. The number of para-hydroxylation sites is 4. The molecule has 0 atom stereocenters. The van der Waals surface area contributed by atoms with Gasteiger partial charge in [-0.2, -0.15) is 0 Å². The number of rotatable bonds is 12. The molecule has 0 bridgehead atoms. The third-order valence-corrected chi connectivity index (χ3v) is 14.3. The number of fused-ring (bicyclic) bond motifs is 6. The lowest BCUT2D eigenvalue weighted by Gasteiger charge is -2.30. The maximum atomic E-state index is 7.08. The molecular formula is C64H56N2O2. The van der Waals surface area contributed by atoms with E-state index in [2.05, 4.69) is 209 Å². The molecule has 4 heteroatoms. The summed E-state index contributed by atoms with van der Waals surface area (Å²) in [6, 6.07) is 58.9. The third-order valence-electron chi connectivity index (χ3n) is 14.3. The Labute approximate surface area is 398 Å². The van der Waals surface area contributed by atoms with E-state index in [-0.39, 0.29) is 0 Å². The van der Waals surface area contributed by atoms with E-state index in [9.17, 15) is 0 Å². The van der Waals surface area contributed by atoms with Gasteiger partial charge in [-0.1, -0.05) is 136 Å². The second-order valence-electron chi connectivity index (χ2n) is 19.3. The number of furan rings is 2. The summed E-state index contributed by atoms with van der Waals surface area (Å²) in [7, 11) is 0. The van der Waals surface area contributed by atoms with Crippen molar-refractivity contribution in [2.24, 2.45) is 0 Å². The summed E-state index contributed by atoms with van der Waals surface area (Å²) in [6.07, 6.45) is 6.52. The largest absolute Gasteiger partial charge is 0.454 e. The average Bonchev–Trinajstić information content (AvgIpc) is 3.93. The summed E-state index contributed by atoms with van der Waals surface area (Å²) in [5.41, 5.74) is 17.7. The summed E-state index contributed by atoms with van der Waals surface area (Å²) in [5, 5.41) is 11.9. The molecule has 12 rings (SSSR count). The minimum absolute atomic E-state index is 0.903. The van der Waals surface area contributed by atoms with Crippen LogP contribution in [0.2, 0.25) is 0 Å². The van der Waals surface area contributed by atoms with E-state index >= 15 is 0 Å². The highest BCUT2D eigenvalue weighted by atomic mass is 16.3. The van der Waals surface area contributed by atoms with Gasteiger partial charge in [0.2, 0.25) is 0 Å². The number of aryl methyl sites for hydroxylation is 6. The third kappa shape index (κ3) is 6.80. The maximum absolute atomic E-state index is 7.08. The minimum Gasteiger partial charge on any atom is -0.454 e. The van der Waals surface area contributed by atoms with Crippen LogP contribution in [0.3, 0.4) is 0 Å². The van der Waals surface area contributed by atoms with E-state index in [4.69, 9.17) is 8.83 Å². The molecule has 68 heavy (non-hydrogen) atoms. The molecule has 0 spiro atoms. The van der Waals surface area contributed by atoms with Gasteiger partial charge < -0.3 is 18.6 Å². The molecule has 10 aromatic carbocycles. The van der Waals surface area contributed by atoms with E-state index in [1.54, 1.807) is 0 Å². The Morgan fingerprint density at radius 2 is 0.721 bits per heavy atom. The molecule has 2 aromatic heterocycles. The van der Waals surface area contributed by atoms with Gasteiger partial charge in [0.15, 0.2) is 11.2 Å². The molecule has 0 amide bonds. The van der Waals surface area contributed by atoms with Gasteiger partial charge in [0.25, 0.3) is 0 Å². The molecule has 0 fully saturated rings. The molecule has 4 nitrogen and oxygen atoms in total. The Morgan fingerprint density at radius 3 is 1.12 bits per heavy atom. The maximum Gasteiger partial charge on any atom is 0.159 e. The Balaban J connectivity index is 1.12. The smallest absolute Gasteiger partial charge is 0.159 e. The molecule has 0 N–H and O–H groups in total. The van der Waals surface area contributed by atoms with Crippen molar-refractivity contribution in [2.45, 2.75) is 80.1 Å². The van der Waals surface area contributed by atoms with Crippen LogP contribution in [-0.4, -0.2) is 0 Å². The molecular weight excluding hydrogens is 829 g/mol. The van der Waals surface area contributed by atoms with Gasteiger partial charge in [0, 0.05) is 43.7 Å². The van der Waals surface area contributed by atoms with Crippen molar-refractivity contribution >= 4 is 110 Å². The lowest BCUT2D eigenvalue weighted by Crippen LogP contribution is -2.12. The first-order valence-corrected chi connectivity index (χ1v) is 24.6. The fourth-order valence-corrected chi connectivity index (χ4v) is 11.3. The van der Waals surface area contributed by atoms with Gasteiger partial charge in [0.1, 0.15) is 11.2 Å². The molecule has 0 saturated carbocycles. The Morgan fingerprint density at radius 1 is 0.353 bits per heavy atom. The van der Waals surface area contributed by atoms with Gasteiger partial charge >= 0.3 is 0 Å². The average molecular weight is 885 g/mol. The monoisotopic (exact) mass is 884 g/mol. The van der Waals surface area contributed by atoms with Crippen LogP contribution in [0.4, 0.5) is 34.1 Å². The van der Waals surface area contributed by atoms with Crippen molar-refractivity contribution in [2.75, 3.05) is 9.80 Å². The van der Waals surface area contributed by atoms with Crippen LogP contribution in [0.1, 0.15) is 72.9 Å². The van der Waals surface area contributed by atoms with E-state index in [0.29, 0.717) is 0 Å². The molecule has 0 saturated heterocycles. The van der Waals surface area contributed by atoms with Crippen LogP contribution in [0, 0.1) is 27.7 Å². The fourth-order valence-electron chi connectivity index (χ4n) is 11.3. The first-order chi connectivity index (χ1) is 33.3. The molecule has 0 radical (unpaired) electrons. The SMILES string of the molecule is CCCCc1cccc2c1oc1c(N(c3cc(C)cc(C)c3)c3ccc4ccc5c(N(c6cc(C)cc(C)c6)c6cccc7c6oc6c(CCCC)cccc67)ccc6ccc3c4c65)cccc12. The Bertz CT molecular complexity index is 3610. The molecule has 2 heterocycles. The van der Waals surface area contributed by atoms with Crippen LogP contribution < -0.4 is 9.80 Å². The zero-order valence-corrected chi connectivity index (χ0v) is 40.0. The van der Waals surface area contributed by atoms with Crippen molar-refractivity contribution in [1.82, 2.24) is 0 Å². The lowest BCUT2D eigenvalue weighted by molar-refractivity contribution is 0.658. The van der Waals surface area contributed by atoms with Crippen LogP contribution in [0.15, 0.2) is 167 Å². The van der Waals surface area contributed by atoms with E-state index in [1.165, 1.54) is 76.5 Å². The highest BCUT2D eigenvalue weighted by Gasteiger charge is 2.26. The summed E-state index contributed by atoms with van der Waals surface area (Å²) < 4.78 is 14.2. The number of unbranched alkanes of at least 4 members (excludes halogenated alkanes) is 2. The topological polar surface area (TPSA) is 32.8 Å². The summed E-state index contributed by atoms with van der Waals surface area (Å²) >= 11 is 0. The molecule has 12 aromatic rings. The molecule has 0 unspecified atom stereocenters. The number of benzene rings is 10. The zero-order chi connectivity index (χ0) is 46.2. The van der Waals surface area contributed by atoms with Crippen LogP contribution in [0.5, 0.6) is 0 Å². The first-order valence-electron chi connectivity index (χ1n) is 24.6. The van der Waals surface area contributed by atoms with Crippen molar-refractivity contribution in [1.29, 1.82) is 0 Å². The van der Waals surface area contributed by atoms with Gasteiger partial charge in [-0.05, 0) is 157 Å². The van der Waals surface area contributed by atoms with Crippen molar-refractivity contribution < 1.29 is 8.83 Å². The molecule has 0 aliphatic heterocycles. The minimum atomic E-state index is 0.903. The van der Waals surface area contributed by atoms with Gasteiger partial charge in [-0.15, -0.1) is 0 Å². The highest BCUT2D eigenvalue weighted by molar-refractivity contribution is 6.29. The quantitative estimate of drug-likeness (QED) is 0.114.